The largest absolute Gasteiger partial charge is 0.461 e. The van der Waals surface area contributed by atoms with Gasteiger partial charge in [-0.25, -0.2) is 0 Å². The molecule has 2 aliphatic heterocycles. The Morgan fingerprint density at radius 3 is 3.04 bits per heavy atom. The second-order valence-electron chi connectivity index (χ2n) is 5.41. The number of carbonyl (C=O) groups is 1. The maximum Gasteiger partial charge on any atom is 0.273 e. The van der Waals surface area contributed by atoms with Gasteiger partial charge in [-0.3, -0.25) is 14.9 Å². The zero-order chi connectivity index (χ0) is 17.1. The van der Waals surface area contributed by atoms with Crippen LogP contribution in [0.15, 0.2) is 42.3 Å². The average molecular weight is 331 g/mol. The first-order chi connectivity index (χ1) is 11.6. The summed E-state index contributed by atoms with van der Waals surface area (Å²) in [5.74, 6) is 0.370. The summed E-state index contributed by atoms with van der Waals surface area (Å²) >= 11 is 0. The molecule has 1 fully saturated rings. The van der Waals surface area contributed by atoms with Crippen LogP contribution in [0.4, 0.5) is 11.4 Å². The Hall–Kier alpha value is -2.87. The molecule has 0 aromatic heterocycles. The van der Waals surface area contributed by atoms with E-state index in [2.05, 4.69) is 0 Å². The average Bonchev–Trinajstić information content (AvgIpc) is 2.60. The number of nitro groups is 1. The van der Waals surface area contributed by atoms with Gasteiger partial charge in [0.15, 0.2) is 5.75 Å². The van der Waals surface area contributed by atoms with E-state index in [4.69, 9.17) is 9.47 Å². The molecule has 0 bridgehead atoms. The highest BCUT2D eigenvalue weighted by Gasteiger charge is 2.30. The molecule has 2 aliphatic rings. The number of nitrogens with zero attached hydrogens (tertiary/aromatic N) is 3. The predicted molar refractivity (Wildman–Crippen MR) is 86.7 cm³/mol. The summed E-state index contributed by atoms with van der Waals surface area (Å²) in [6, 6.07) is 4.54. The van der Waals surface area contributed by atoms with Crippen LogP contribution in [0.1, 0.15) is 0 Å². The van der Waals surface area contributed by atoms with Crippen LogP contribution in [0.2, 0.25) is 0 Å². The van der Waals surface area contributed by atoms with Gasteiger partial charge in [-0.2, -0.15) is 0 Å². The van der Waals surface area contributed by atoms with E-state index in [-0.39, 0.29) is 11.6 Å². The number of ether oxygens (including phenoxy) is 2. The lowest BCUT2D eigenvalue weighted by Crippen LogP contribution is -2.48. The number of hydrogen-bond donors (Lipinski definition) is 0. The molecule has 8 heteroatoms. The van der Waals surface area contributed by atoms with Gasteiger partial charge in [0, 0.05) is 32.3 Å². The van der Waals surface area contributed by atoms with Crippen molar-refractivity contribution in [2.75, 3.05) is 38.3 Å². The fourth-order valence-corrected chi connectivity index (χ4v) is 2.70. The number of non-ortho nitro benzene ring substituents is 1. The van der Waals surface area contributed by atoms with Crippen LogP contribution in [0.5, 0.6) is 5.75 Å². The number of methoxy groups -OCH3 is 1. The quantitative estimate of drug-likeness (QED) is 0.474. The molecule has 0 aliphatic carbocycles. The van der Waals surface area contributed by atoms with Gasteiger partial charge in [0.2, 0.25) is 5.91 Å². The van der Waals surface area contributed by atoms with Crippen LogP contribution in [0.3, 0.4) is 0 Å². The molecule has 0 unspecified atom stereocenters. The number of fused-ring (bicyclic) bond motifs is 3. The normalized spacial score (nSPS) is 16.3. The van der Waals surface area contributed by atoms with E-state index in [0.29, 0.717) is 32.0 Å². The molecule has 0 N–H and O–H groups in total. The van der Waals surface area contributed by atoms with Gasteiger partial charge >= 0.3 is 0 Å². The number of anilines is 1. The van der Waals surface area contributed by atoms with Crippen LogP contribution in [0, 0.1) is 10.1 Å². The third kappa shape index (κ3) is 3.09. The lowest BCUT2D eigenvalue weighted by atomic mass is 10.1. The molecule has 0 atom stereocenters. The SMILES string of the molecule is COC/C=C/C(=O)N1CCN2C(=COc3cc([N+](=O)[O-])ccc32)C1. The van der Waals surface area contributed by atoms with Crippen molar-refractivity contribution in [3.63, 3.8) is 0 Å². The molecule has 0 saturated carbocycles. The summed E-state index contributed by atoms with van der Waals surface area (Å²) in [7, 11) is 1.57. The van der Waals surface area contributed by atoms with E-state index in [1.807, 2.05) is 4.90 Å². The van der Waals surface area contributed by atoms with Crippen LogP contribution in [-0.2, 0) is 9.53 Å². The molecule has 2 heterocycles. The molecular weight excluding hydrogens is 314 g/mol. The zero-order valence-electron chi connectivity index (χ0n) is 13.2. The minimum Gasteiger partial charge on any atom is -0.461 e. The first-order valence-corrected chi connectivity index (χ1v) is 7.46. The van der Waals surface area contributed by atoms with Crippen molar-refractivity contribution in [1.82, 2.24) is 4.90 Å². The van der Waals surface area contributed by atoms with E-state index >= 15 is 0 Å². The van der Waals surface area contributed by atoms with Gasteiger partial charge < -0.3 is 19.3 Å². The minimum atomic E-state index is -0.453. The first-order valence-electron chi connectivity index (χ1n) is 7.46. The number of rotatable bonds is 4. The highest BCUT2D eigenvalue weighted by atomic mass is 16.6. The van der Waals surface area contributed by atoms with Crippen LogP contribution in [-0.4, -0.2) is 49.1 Å². The summed E-state index contributed by atoms with van der Waals surface area (Å²) in [4.78, 5) is 26.3. The fourth-order valence-electron chi connectivity index (χ4n) is 2.70. The van der Waals surface area contributed by atoms with Crippen molar-refractivity contribution in [2.45, 2.75) is 0 Å². The molecule has 1 amide bonds. The highest BCUT2D eigenvalue weighted by molar-refractivity contribution is 5.88. The van der Waals surface area contributed by atoms with Crippen molar-refractivity contribution in [3.8, 4) is 5.75 Å². The van der Waals surface area contributed by atoms with E-state index in [0.717, 1.165) is 11.4 Å². The zero-order valence-corrected chi connectivity index (χ0v) is 13.2. The number of benzene rings is 1. The molecule has 1 aromatic rings. The molecule has 24 heavy (non-hydrogen) atoms. The highest BCUT2D eigenvalue weighted by Crippen LogP contribution is 2.38. The van der Waals surface area contributed by atoms with Gasteiger partial charge in [0.25, 0.3) is 5.69 Å². The van der Waals surface area contributed by atoms with E-state index in [1.54, 1.807) is 30.4 Å². The van der Waals surface area contributed by atoms with Gasteiger partial charge in [0.05, 0.1) is 35.5 Å². The molecule has 1 saturated heterocycles. The number of amides is 1. The summed E-state index contributed by atoms with van der Waals surface area (Å²) in [5.41, 5.74) is 1.61. The smallest absolute Gasteiger partial charge is 0.273 e. The summed E-state index contributed by atoms with van der Waals surface area (Å²) in [6.07, 6.45) is 4.72. The number of piperazine rings is 1. The Balaban J connectivity index is 1.74. The molecule has 0 radical (unpaired) electrons. The number of hydrogen-bond acceptors (Lipinski definition) is 6. The standard InChI is InChI=1S/C16H17N3O5/c1-23-8-2-3-16(20)17-6-7-18-13(10-17)11-24-15-9-12(19(21)22)4-5-14(15)18/h2-5,9,11H,6-8,10H2,1H3/b3-2+. The topological polar surface area (TPSA) is 85.2 Å². The van der Waals surface area contributed by atoms with Gasteiger partial charge in [-0.15, -0.1) is 0 Å². The Morgan fingerprint density at radius 2 is 2.29 bits per heavy atom. The van der Waals surface area contributed by atoms with Crippen molar-refractivity contribution in [1.29, 1.82) is 0 Å². The predicted octanol–water partition coefficient (Wildman–Crippen LogP) is 1.68. The first kappa shape index (κ1) is 16.0. The number of carbonyl (C=O) groups excluding carboxylic acids is 1. The minimum absolute atomic E-state index is 0.0114. The van der Waals surface area contributed by atoms with Crippen molar-refractivity contribution in [2.24, 2.45) is 0 Å². The third-order valence-corrected chi connectivity index (χ3v) is 3.90. The van der Waals surface area contributed by atoms with Gasteiger partial charge in [-0.05, 0) is 6.07 Å². The van der Waals surface area contributed by atoms with Crippen molar-refractivity contribution >= 4 is 17.3 Å². The second kappa shape index (κ2) is 6.71. The van der Waals surface area contributed by atoms with E-state index in [9.17, 15) is 14.9 Å². The summed E-state index contributed by atoms with van der Waals surface area (Å²) in [5, 5.41) is 10.9. The Bertz CT molecular complexity index is 728. The Kier molecular flexibility index (Phi) is 4.48. The molecule has 3 rings (SSSR count). The number of nitro benzene ring substituents is 1. The summed E-state index contributed by atoms with van der Waals surface area (Å²) in [6.45, 7) is 1.98. The molecule has 1 aromatic carbocycles. The van der Waals surface area contributed by atoms with Gasteiger partial charge in [-0.1, -0.05) is 6.08 Å². The fraction of sp³-hybridized carbons (Fsp3) is 0.312. The van der Waals surface area contributed by atoms with Gasteiger partial charge in [0.1, 0.15) is 6.26 Å². The molecular formula is C16H17N3O5. The maximum absolute atomic E-state index is 12.1. The van der Waals surface area contributed by atoms with Crippen molar-refractivity contribution in [3.05, 3.63) is 52.4 Å². The molecule has 126 valence electrons. The second-order valence-corrected chi connectivity index (χ2v) is 5.41. The van der Waals surface area contributed by atoms with Crippen LogP contribution in [0.25, 0.3) is 0 Å². The molecule has 0 spiro atoms. The van der Waals surface area contributed by atoms with Crippen LogP contribution >= 0.6 is 0 Å². The lowest BCUT2D eigenvalue weighted by Gasteiger charge is -2.39. The lowest BCUT2D eigenvalue weighted by molar-refractivity contribution is -0.384. The Morgan fingerprint density at radius 1 is 1.46 bits per heavy atom. The maximum atomic E-state index is 12.1. The van der Waals surface area contributed by atoms with E-state index in [1.165, 1.54) is 18.2 Å². The molecule has 8 nitrogen and oxygen atoms in total. The Labute approximate surface area is 138 Å². The monoisotopic (exact) mass is 331 g/mol. The summed E-state index contributed by atoms with van der Waals surface area (Å²) < 4.78 is 10.4. The van der Waals surface area contributed by atoms with Crippen molar-refractivity contribution < 1.29 is 19.2 Å². The third-order valence-electron chi connectivity index (χ3n) is 3.90. The van der Waals surface area contributed by atoms with E-state index < -0.39 is 4.92 Å². The van der Waals surface area contributed by atoms with Crippen LogP contribution < -0.4 is 9.64 Å².